The summed E-state index contributed by atoms with van der Waals surface area (Å²) < 4.78 is 7.38. The van der Waals surface area contributed by atoms with Crippen molar-refractivity contribution < 1.29 is 0 Å². The summed E-state index contributed by atoms with van der Waals surface area (Å²) in [6.45, 7) is 9.48. The molecule has 0 unspecified atom stereocenters. The summed E-state index contributed by atoms with van der Waals surface area (Å²) in [7, 11) is 0. The summed E-state index contributed by atoms with van der Waals surface area (Å²) in [5.74, 6) is 0.720. The van der Waals surface area contributed by atoms with Crippen LogP contribution in [0.4, 0.5) is 0 Å². The Kier molecular flexibility index (Phi) is 10.8. The van der Waals surface area contributed by atoms with Gasteiger partial charge in [0.25, 0.3) is 0 Å². The van der Waals surface area contributed by atoms with Crippen LogP contribution in [-0.2, 0) is 10.8 Å². The van der Waals surface area contributed by atoms with Crippen LogP contribution in [0.5, 0.6) is 0 Å². The Morgan fingerprint density at radius 3 is 1.10 bits per heavy atom. The van der Waals surface area contributed by atoms with Crippen LogP contribution < -0.4 is 0 Å². The van der Waals surface area contributed by atoms with E-state index in [-0.39, 0.29) is 10.8 Å². The molecule has 17 aromatic rings. The van der Waals surface area contributed by atoms with Gasteiger partial charge in [0.1, 0.15) is 0 Å². The molecule has 0 bridgehead atoms. The van der Waals surface area contributed by atoms with E-state index >= 15 is 0 Å². The maximum atomic E-state index is 5.19. The van der Waals surface area contributed by atoms with Gasteiger partial charge in [-0.25, -0.2) is 9.97 Å². The van der Waals surface area contributed by atoms with Gasteiger partial charge in [-0.15, -0.1) is 0 Å². The molecule has 5 heteroatoms. The number of rotatable bonds is 7. The van der Waals surface area contributed by atoms with E-state index < -0.39 is 0 Å². The van der Waals surface area contributed by atoms with Crippen LogP contribution in [0.2, 0.25) is 0 Å². The first-order valence-corrected chi connectivity index (χ1v) is 31.7. The Bertz CT molecular complexity index is 5950. The average molecular weight is 1160 g/mol. The maximum Gasteiger partial charge on any atom is 0.160 e. The fraction of sp³-hybridized carbons (Fsp3) is 0.0698. The number of hydrogen-bond acceptors (Lipinski definition) is 2. The normalized spacial score (nSPS) is 13.7. The molecule has 0 radical (unpaired) electrons. The van der Waals surface area contributed by atoms with Crippen molar-refractivity contribution in [2.24, 2.45) is 0 Å². The van der Waals surface area contributed by atoms with Gasteiger partial charge in [-0.3, -0.25) is 0 Å². The number of nitrogens with zero attached hydrogens (tertiary/aromatic N) is 5. The van der Waals surface area contributed by atoms with Crippen molar-refractivity contribution in [1.29, 1.82) is 0 Å². The van der Waals surface area contributed by atoms with E-state index in [2.05, 4.69) is 302 Å². The van der Waals surface area contributed by atoms with E-state index in [0.717, 1.165) is 56.0 Å². The van der Waals surface area contributed by atoms with Gasteiger partial charge >= 0.3 is 0 Å². The molecule has 5 nitrogen and oxygen atoms in total. The van der Waals surface area contributed by atoms with Gasteiger partial charge in [0.05, 0.1) is 44.3 Å². The molecule has 428 valence electrons. The van der Waals surface area contributed by atoms with Crippen molar-refractivity contribution in [2.45, 2.75) is 38.5 Å². The molecular weight excluding hydrogens is 1100 g/mol. The lowest BCUT2D eigenvalue weighted by Gasteiger charge is -2.22. The lowest BCUT2D eigenvalue weighted by molar-refractivity contribution is 0.660. The van der Waals surface area contributed by atoms with Crippen molar-refractivity contribution >= 4 is 76.3 Å². The minimum atomic E-state index is -0.142. The van der Waals surface area contributed by atoms with Crippen LogP contribution >= 0.6 is 0 Å². The number of hydrogen-bond donors (Lipinski definition) is 0. The molecule has 0 N–H and O–H groups in total. The van der Waals surface area contributed by atoms with Crippen molar-refractivity contribution in [1.82, 2.24) is 23.7 Å². The van der Waals surface area contributed by atoms with Gasteiger partial charge in [-0.2, -0.15) is 0 Å². The van der Waals surface area contributed by atoms with Crippen LogP contribution in [0.3, 0.4) is 0 Å². The predicted octanol–water partition coefficient (Wildman–Crippen LogP) is 22.2. The van der Waals surface area contributed by atoms with E-state index in [1.54, 1.807) is 0 Å². The predicted molar refractivity (Wildman–Crippen MR) is 379 cm³/mol. The fourth-order valence-corrected chi connectivity index (χ4v) is 16.0. The molecule has 13 aromatic carbocycles. The summed E-state index contributed by atoms with van der Waals surface area (Å²) in [6.07, 6.45) is 0. The summed E-state index contributed by atoms with van der Waals surface area (Å²) in [6, 6.07) is 106. The lowest BCUT2D eigenvalue weighted by atomic mass is 9.82. The number of aromatic nitrogens is 5. The Labute approximate surface area is 527 Å². The first-order chi connectivity index (χ1) is 44.6. The van der Waals surface area contributed by atoms with Crippen molar-refractivity contribution in [3.8, 4) is 84.2 Å². The molecule has 0 aliphatic heterocycles. The molecule has 4 heterocycles. The molecule has 19 rings (SSSR count). The zero-order valence-corrected chi connectivity index (χ0v) is 50.9. The third-order valence-corrected chi connectivity index (χ3v) is 20.5. The van der Waals surface area contributed by atoms with E-state index in [0.29, 0.717) is 0 Å². The highest BCUT2D eigenvalue weighted by Crippen LogP contribution is 2.52. The number of para-hydroxylation sites is 3. The first-order valence-electron chi connectivity index (χ1n) is 31.7. The molecule has 0 saturated heterocycles. The molecule has 0 atom stereocenters. The Hall–Kier alpha value is -11.4. The van der Waals surface area contributed by atoms with Crippen molar-refractivity contribution in [3.05, 3.63) is 307 Å². The van der Waals surface area contributed by atoms with Crippen LogP contribution in [0.1, 0.15) is 49.9 Å². The number of benzene rings is 13. The minimum Gasteiger partial charge on any atom is -0.309 e. The topological polar surface area (TPSA) is 40.6 Å². The minimum absolute atomic E-state index is 0.101. The first kappa shape index (κ1) is 51.6. The van der Waals surface area contributed by atoms with Gasteiger partial charge in [-0.05, 0) is 170 Å². The quantitative estimate of drug-likeness (QED) is 0.160. The SMILES string of the molecule is CC1(C)c2ccccc2-c2ccc(-n3c4ccccc4c4cc(-c5ccc6c(c5)c5cc(-c7ccc8c(c7)c7ccccc7n8-c7ccc(-c8nc(-c9ccccc9)nc9ccccc89)cc7)ccc5n6-c5ccc6c(c5)C(C)(C)c5ccccc5-6)ccc43)cc21. The van der Waals surface area contributed by atoms with Crippen molar-refractivity contribution in [3.63, 3.8) is 0 Å². The molecule has 0 amide bonds. The molecule has 91 heavy (non-hydrogen) atoms. The third kappa shape index (κ3) is 7.52. The van der Waals surface area contributed by atoms with E-state index in [1.165, 1.54) is 127 Å². The van der Waals surface area contributed by atoms with Gasteiger partial charge in [0.2, 0.25) is 0 Å². The van der Waals surface area contributed by atoms with Crippen LogP contribution in [0.15, 0.2) is 285 Å². The van der Waals surface area contributed by atoms with Gasteiger partial charge in [0, 0.05) is 76.7 Å². The molecule has 0 fully saturated rings. The van der Waals surface area contributed by atoms with Crippen molar-refractivity contribution in [2.75, 3.05) is 0 Å². The van der Waals surface area contributed by atoms with Gasteiger partial charge in [-0.1, -0.05) is 210 Å². The maximum absolute atomic E-state index is 5.19. The van der Waals surface area contributed by atoms with Crippen LogP contribution in [-0.4, -0.2) is 23.7 Å². The molecule has 2 aliphatic rings. The smallest absolute Gasteiger partial charge is 0.160 e. The zero-order chi connectivity index (χ0) is 60.4. The van der Waals surface area contributed by atoms with E-state index in [9.17, 15) is 0 Å². The van der Waals surface area contributed by atoms with Gasteiger partial charge in [0.15, 0.2) is 5.82 Å². The summed E-state index contributed by atoms with van der Waals surface area (Å²) in [4.78, 5) is 10.2. The number of fused-ring (bicyclic) bond motifs is 16. The highest BCUT2D eigenvalue weighted by Gasteiger charge is 2.37. The Morgan fingerprint density at radius 1 is 0.242 bits per heavy atom. The van der Waals surface area contributed by atoms with E-state index in [4.69, 9.17) is 9.97 Å². The zero-order valence-electron chi connectivity index (χ0n) is 50.9. The monoisotopic (exact) mass is 1160 g/mol. The highest BCUT2D eigenvalue weighted by atomic mass is 15.0. The second-order valence-corrected chi connectivity index (χ2v) is 26.1. The second-order valence-electron chi connectivity index (χ2n) is 26.1. The lowest BCUT2D eigenvalue weighted by Crippen LogP contribution is -2.15. The fourth-order valence-electron chi connectivity index (χ4n) is 16.0. The third-order valence-electron chi connectivity index (χ3n) is 20.5. The summed E-state index contributed by atoms with van der Waals surface area (Å²) >= 11 is 0. The summed E-state index contributed by atoms with van der Waals surface area (Å²) in [5, 5.41) is 8.37. The second kappa shape index (κ2) is 19.1. The highest BCUT2D eigenvalue weighted by molar-refractivity contribution is 6.15. The molecule has 0 spiro atoms. The van der Waals surface area contributed by atoms with Gasteiger partial charge < -0.3 is 13.7 Å². The largest absolute Gasteiger partial charge is 0.309 e. The average Bonchev–Trinajstić information content (AvgIpc) is 1.61. The molecular formula is C86H59N5. The molecule has 0 saturated carbocycles. The molecule has 2 aliphatic carbocycles. The van der Waals surface area contributed by atoms with Crippen LogP contribution in [0.25, 0.3) is 161 Å². The van der Waals surface area contributed by atoms with Crippen LogP contribution in [0, 0.1) is 0 Å². The standard InChI is InChI=1S/C86H59N5/c1-85(2)72-25-13-8-20-61(72)63-40-38-59(50-74(63)85)90-78-29-17-12-23-66(78)69-47-55(33-43-80(69)90)57-35-45-82-71(49-57)70-48-56(34-44-81(70)91(82)60-39-41-64-62-21-9-14-26-73(62)86(3,4)75(64)51-60)54-32-42-79-68(46-54)65-22-11-16-28-77(65)89(79)58-36-30-52(31-37-58)83-67-24-10-15-27-76(67)87-84(88-83)53-18-6-5-7-19-53/h5-51H,1-4H3. The molecule has 4 aromatic heterocycles. The Balaban J connectivity index is 0.745. The van der Waals surface area contributed by atoms with E-state index in [1.807, 2.05) is 24.3 Å². The summed E-state index contributed by atoms with van der Waals surface area (Å²) in [5.41, 5.74) is 29.7. The Morgan fingerprint density at radius 2 is 0.604 bits per heavy atom.